The smallest absolute Gasteiger partial charge is 0.351 e. The van der Waals surface area contributed by atoms with Gasteiger partial charge in [-0.3, -0.25) is 4.72 Å². The summed E-state index contributed by atoms with van der Waals surface area (Å²) in [5, 5.41) is -0.152. The van der Waals surface area contributed by atoms with Gasteiger partial charge in [-0.15, -0.1) is 0 Å². The van der Waals surface area contributed by atoms with Gasteiger partial charge in [-0.05, 0) is 18.9 Å². The van der Waals surface area contributed by atoms with Crippen LogP contribution in [-0.4, -0.2) is 23.6 Å². The van der Waals surface area contributed by atoms with Crippen molar-refractivity contribution in [3.8, 4) is 0 Å². The molecule has 2 aromatic rings. The largest absolute Gasteiger partial charge is 0.431 e. The molecule has 2 aromatic heterocycles. The third-order valence-corrected chi connectivity index (χ3v) is 4.86. The lowest BCUT2D eigenvalue weighted by molar-refractivity contribution is -0.140. The molecule has 9 heteroatoms. The number of hydrogen-bond acceptors (Lipinski definition) is 3. The van der Waals surface area contributed by atoms with Gasteiger partial charge in [0.1, 0.15) is 11.5 Å². The molecule has 0 amide bonds. The maximum atomic E-state index is 12.5. The van der Waals surface area contributed by atoms with Crippen LogP contribution in [0.15, 0.2) is 18.3 Å². The topological polar surface area (TPSA) is 74.8 Å². The van der Waals surface area contributed by atoms with Crippen molar-refractivity contribution in [3.05, 3.63) is 24.0 Å². The van der Waals surface area contributed by atoms with Crippen molar-refractivity contribution in [2.75, 3.05) is 4.72 Å². The van der Waals surface area contributed by atoms with E-state index in [1.54, 1.807) is 0 Å². The van der Waals surface area contributed by atoms with E-state index in [0.717, 1.165) is 6.07 Å². The van der Waals surface area contributed by atoms with Crippen LogP contribution < -0.4 is 4.72 Å². The predicted molar refractivity (Wildman–Crippen MR) is 66.7 cm³/mol. The van der Waals surface area contributed by atoms with Gasteiger partial charge in [0.15, 0.2) is 0 Å². The molecule has 1 saturated carbocycles. The minimum atomic E-state index is -4.48. The van der Waals surface area contributed by atoms with Crippen LogP contribution in [0, 0.1) is 0 Å². The molecular formula is C11H10F3N3O2S. The fourth-order valence-corrected chi connectivity index (χ4v) is 3.17. The van der Waals surface area contributed by atoms with E-state index in [0.29, 0.717) is 12.8 Å². The molecule has 5 nitrogen and oxygen atoms in total. The van der Waals surface area contributed by atoms with E-state index < -0.39 is 27.1 Å². The van der Waals surface area contributed by atoms with E-state index in [1.807, 2.05) is 0 Å². The molecule has 1 fully saturated rings. The van der Waals surface area contributed by atoms with Crippen molar-refractivity contribution in [1.82, 2.24) is 9.97 Å². The van der Waals surface area contributed by atoms with Crippen molar-refractivity contribution in [2.24, 2.45) is 0 Å². The number of alkyl halides is 3. The normalized spacial score (nSPS) is 16.6. The minimum Gasteiger partial charge on any atom is -0.351 e. The number of aromatic amines is 1. The number of anilines is 1. The Morgan fingerprint density at radius 2 is 2.00 bits per heavy atom. The third kappa shape index (κ3) is 2.45. The van der Waals surface area contributed by atoms with Crippen molar-refractivity contribution in [2.45, 2.75) is 24.3 Å². The molecule has 0 unspecified atom stereocenters. The number of hydrogen-bond donors (Lipinski definition) is 2. The summed E-state index contributed by atoms with van der Waals surface area (Å²) in [6.07, 6.45) is -2.09. The Balaban J connectivity index is 1.94. The average molecular weight is 305 g/mol. The number of sulfonamides is 1. The number of rotatable bonds is 3. The van der Waals surface area contributed by atoms with Crippen molar-refractivity contribution >= 4 is 26.7 Å². The standard InChI is InChI=1S/C11H10F3N3O2S/c12-11(13,14)9-3-6-5-15-10(4-8(6)16-9)17-20(18,19)7-1-2-7/h3-5,7,16H,1-2H2,(H,15,17). The van der Waals surface area contributed by atoms with Crippen LogP contribution in [0.2, 0.25) is 0 Å². The summed E-state index contributed by atoms with van der Waals surface area (Å²) in [7, 11) is -3.48. The first-order valence-corrected chi connectivity index (χ1v) is 7.38. The highest BCUT2D eigenvalue weighted by Gasteiger charge is 2.36. The molecule has 0 aromatic carbocycles. The van der Waals surface area contributed by atoms with E-state index in [2.05, 4.69) is 14.7 Å². The third-order valence-electron chi connectivity index (χ3n) is 3.02. The number of fused-ring (bicyclic) bond motifs is 1. The summed E-state index contributed by atoms with van der Waals surface area (Å²) in [4.78, 5) is 6.03. The van der Waals surface area contributed by atoms with E-state index in [-0.39, 0.29) is 16.7 Å². The number of nitrogens with one attached hydrogen (secondary N) is 2. The predicted octanol–water partition coefficient (Wildman–Crippen LogP) is 2.49. The number of H-pyrrole nitrogens is 1. The summed E-state index contributed by atoms with van der Waals surface area (Å²) >= 11 is 0. The summed E-state index contributed by atoms with van der Waals surface area (Å²) < 4.78 is 63.4. The molecule has 2 N–H and O–H groups in total. The fraction of sp³-hybridized carbons (Fsp3) is 0.364. The first kappa shape index (κ1) is 13.2. The van der Waals surface area contributed by atoms with Gasteiger partial charge in [0.2, 0.25) is 10.0 Å². The van der Waals surface area contributed by atoms with Crippen LogP contribution >= 0.6 is 0 Å². The second kappa shape index (κ2) is 4.11. The zero-order valence-electron chi connectivity index (χ0n) is 10.0. The highest BCUT2D eigenvalue weighted by atomic mass is 32.2. The number of nitrogens with zero attached hydrogens (tertiary/aromatic N) is 1. The minimum absolute atomic E-state index is 0.0139. The highest BCUT2D eigenvalue weighted by Crippen LogP contribution is 2.32. The van der Waals surface area contributed by atoms with Crippen molar-refractivity contribution in [3.63, 3.8) is 0 Å². The molecule has 0 bridgehead atoms. The molecule has 0 saturated heterocycles. The van der Waals surface area contributed by atoms with Crippen LogP contribution in [0.25, 0.3) is 10.9 Å². The average Bonchev–Trinajstić information content (AvgIpc) is 3.08. The van der Waals surface area contributed by atoms with Crippen molar-refractivity contribution < 1.29 is 21.6 Å². The fourth-order valence-electron chi connectivity index (χ4n) is 1.84. The summed E-state index contributed by atoms with van der Waals surface area (Å²) in [6, 6.07) is 2.19. The molecule has 1 aliphatic carbocycles. The van der Waals surface area contributed by atoms with Gasteiger partial charge < -0.3 is 4.98 Å². The monoisotopic (exact) mass is 305 g/mol. The van der Waals surface area contributed by atoms with Gasteiger partial charge in [-0.25, -0.2) is 13.4 Å². The Bertz CT molecular complexity index is 763. The van der Waals surface area contributed by atoms with E-state index in [1.165, 1.54) is 12.3 Å². The van der Waals surface area contributed by atoms with Gasteiger partial charge >= 0.3 is 6.18 Å². The van der Waals surface area contributed by atoms with E-state index in [4.69, 9.17) is 0 Å². The molecule has 0 radical (unpaired) electrons. The lowest BCUT2D eigenvalue weighted by atomic mass is 10.3. The lowest BCUT2D eigenvalue weighted by Crippen LogP contribution is -2.17. The van der Waals surface area contributed by atoms with Gasteiger partial charge in [-0.2, -0.15) is 13.2 Å². The molecule has 108 valence electrons. The maximum Gasteiger partial charge on any atom is 0.431 e. The molecule has 3 rings (SSSR count). The molecule has 20 heavy (non-hydrogen) atoms. The SMILES string of the molecule is O=S(=O)(Nc1cc2[nH]c(C(F)(F)F)cc2cn1)C1CC1. The van der Waals surface area contributed by atoms with Gasteiger partial charge in [0.05, 0.1) is 10.8 Å². The van der Waals surface area contributed by atoms with Crippen molar-refractivity contribution in [1.29, 1.82) is 0 Å². The summed E-state index contributed by atoms with van der Waals surface area (Å²) in [6.45, 7) is 0. The molecule has 0 atom stereocenters. The van der Waals surface area contributed by atoms with E-state index >= 15 is 0 Å². The van der Waals surface area contributed by atoms with Gasteiger partial charge in [-0.1, -0.05) is 0 Å². The van der Waals surface area contributed by atoms with E-state index in [9.17, 15) is 21.6 Å². The zero-order chi connectivity index (χ0) is 14.5. The van der Waals surface area contributed by atoms with Crippen LogP contribution in [0.4, 0.5) is 19.0 Å². The second-order valence-electron chi connectivity index (χ2n) is 4.68. The first-order valence-electron chi connectivity index (χ1n) is 5.83. The number of pyridine rings is 1. The maximum absolute atomic E-state index is 12.5. The number of halogens is 3. The van der Waals surface area contributed by atoms with Crippen LogP contribution in [0.3, 0.4) is 0 Å². The molecule has 0 spiro atoms. The Hall–Kier alpha value is -1.77. The molecule has 0 aliphatic heterocycles. The van der Waals surface area contributed by atoms with Crippen LogP contribution in [0.5, 0.6) is 0 Å². The molecular weight excluding hydrogens is 295 g/mol. The zero-order valence-corrected chi connectivity index (χ0v) is 10.8. The van der Waals surface area contributed by atoms with Gasteiger partial charge in [0, 0.05) is 17.6 Å². The summed E-state index contributed by atoms with van der Waals surface area (Å²) in [5.74, 6) is 0.0139. The lowest BCUT2D eigenvalue weighted by Gasteiger charge is -2.05. The molecule has 1 aliphatic rings. The summed E-state index contributed by atoms with van der Waals surface area (Å²) in [5.41, 5.74) is -0.711. The molecule has 2 heterocycles. The Morgan fingerprint density at radius 3 is 2.60 bits per heavy atom. The quantitative estimate of drug-likeness (QED) is 0.915. The first-order chi connectivity index (χ1) is 9.25. The Morgan fingerprint density at radius 1 is 1.30 bits per heavy atom. The Kier molecular flexibility index (Phi) is 2.72. The van der Waals surface area contributed by atoms with Crippen LogP contribution in [0.1, 0.15) is 18.5 Å². The van der Waals surface area contributed by atoms with Crippen LogP contribution in [-0.2, 0) is 16.2 Å². The second-order valence-corrected chi connectivity index (χ2v) is 6.64. The Labute approximate surface area is 112 Å². The number of aromatic nitrogens is 2. The highest BCUT2D eigenvalue weighted by molar-refractivity contribution is 7.93. The van der Waals surface area contributed by atoms with Gasteiger partial charge in [0.25, 0.3) is 0 Å².